The van der Waals surface area contributed by atoms with Crippen LogP contribution in [0.4, 0.5) is 10.2 Å². The van der Waals surface area contributed by atoms with Crippen molar-refractivity contribution < 1.29 is 12.8 Å². The van der Waals surface area contributed by atoms with Crippen molar-refractivity contribution in [3.05, 3.63) is 54.9 Å². The summed E-state index contributed by atoms with van der Waals surface area (Å²) in [6, 6.07) is 9.06. The average molecular weight is 402 g/mol. The van der Waals surface area contributed by atoms with Crippen molar-refractivity contribution in [1.82, 2.24) is 23.8 Å². The highest BCUT2D eigenvalue weighted by Gasteiger charge is 2.32. The lowest BCUT2D eigenvalue weighted by Gasteiger charge is -2.34. The number of hydrogen-bond acceptors (Lipinski definition) is 6. The van der Waals surface area contributed by atoms with Gasteiger partial charge in [-0.3, -0.25) is 0 Å². The van der Waals surface area contributed by atoms with Gasteiger partial charge in [-0.1, -0.05) is 30.3 Å². The summed E-state index contributed by atoms with van der Waals surface area (Å²) in [5.41, 5.74) is 0.897. The smallest absolute Gasteiger partial charge is 0.277 e. The van der Waals surface area contributed by atoms with Crippen LogP contribution in [0, 0.1) is 5.82 Å². The number of piperazine rings is 1. The number of benzene rings is 1. The molecule has 0 atom stereocenters. The molecule has 10 heteroatoms. The molecule has 1 fully saturated rings. The van der Waals surface area contributed by atoms with Gasteiger partial charge in [0.1, 0.15) is 12.0 Å². The van der Waals surface area contributed by atoms with E-state index in [0.717, 1.165) is 0 Å². The van der Waals surface area contributed by atoms with E-state index in [1.54, 1.807) is 30.3 Å². The average Bonchev–Trinajstić information content (AvgIpc) is 3.16. The highest BCUT2D eigenvalue weighted by atomic mass is 32.2. The van der Waals surface area contributed by atoms with Crippen molar-refractivity contribution in [2.24, 2.45) is 7.05 Å². The van der Waals surface area contributed by atoms with Gasteiger partial charge in [-0.05, 0) is 0 Å². The van der Waals surface area contributed by atoms with E-state index in [4.69, 9.17) is 0 Å². The minimum absolute atomic E-state index is 0.000491. The third-order valence-electron chi connectivity index (χ3n) is 4.70. The minimum Gasteiger partial charge on any atom is -0.351 e. The number of nitrogens with zero attached hydrogens (tertiary/aromatic N) is 6. The van der Waals surface area contributed by atoms with Crippen LogP contribution in [0.15, 0.2) is 54.2 Å². The van der Waals surface area contributed by atoms with E-state index in [0.29, 0.717) is 18.7 Å². The molecule has 0 radical (unpaired) electrons. The maximum Gasteiger partial charge on any atom is 0.277 e. The highest BCUT2D eigenvalue weighted by Crippen LogP contribution is 2.27. The quantitative estimate of drug-likeness (QED) is 0.658. The summed E-state index contributed by atoms with van der Waals surface area (Å²) >= 11 is 0. The lowest BCUT2D eigenvalue weighted by molar-refractivity contribution is 0.376. The van der Waals surface area contributed by atoms with Crippen molar-refractivity contribution in [1.29, 1.82) is 0 Å². The molecule has 1 aromatic carbocycles. The molecule has 1 aliphatic heterocycles. The van der Waals surface area contributed by atoms with Crippen LogP contribution in [-0.4, -0.2) is 58.4 Å². The van der Waals surface area contributed by atoms with Gasteiger partial charge in [0.15, 0.2) is 11.6 Å². The number of anilines is 1. The van der Waals surface area contributed by atoms with Gasteiger partial charge in [-0.15, -0.1) is 0 Å². The minimum atomic E-state index is -3.68. The molecular weight excluding hydrogens is 383 g/mol. The topological polar surface area (TPSA) is 84.2 Å². The molecule has 1 saturated heterocycles. The zero-order chi connectivity index (χ0) is 19.7. The largest absolute Gasteiger partial charge is 0.351 e. The molecule has 1 aliphatic rings. The molecule has 0 amide bonds. The van der Waals surface area contributed by atoms with E-state index >= 15 is 4.39 Å². The first-order chi connectivity index (χ1) is 13.5. The van der Waals surface area contributed by atoms with Crippen molar-refractivity contribution in [2.75, 3.05) is 31.1 Å². The lowest BCUT2D eigenvalue weighted by Crippen LogP contribution is -2.49. The number of sulfonamides is 1. The summed E-state index contributed by atoms with van der Waals surface area (Å²) < 4.78 is 43.4. The van der Waals surface area contributed by atoms with E-state index in [2.05, 4.69) is 15.0 Å². The van der Waals surface area contributed by atoms with E-state index < -0.39 is 15.8 Å². The Morgan fingerprint density at radius 2 is 1.71 bits per heavy atom. The van der Waals surface area contributed by atoms with Crippen molar-refractivity contribution in [2.45, 2.75) is 5.16 Å². The molecule has 2 aromatic heterocycles. The molecule has 146 valence electrons. The number of aryl methyl sites for hydroxylation is 1. The van der Waals surface area contributed by atoms with Crippen LogP contribution in [0.1, 0.15) is 0 Å². The second-order valence-corrected chi connectivity index (χ2v) is 8.27. The number of imidazole rings is 1. The van der Waals surface area contributed by atoms with Crippen LogP contribution in [0.3, 0.4) is 0 Å². The van der Waals surface area contributed by atoms with Crippen molar-refractivity contribution in [3.63, 3.8) is 0 Å². The first-order valence-electron chi connectivity index (χ1n) is 8.77. The highest BCUT2D eigenvalue weighted by molar-refractivity contribution is 7.89. The molecule has 0 N–H and O–H groups in total. The SMILES string of the molecule is Cn1ccnc1S(=O)(=O)N1CCN(c2ncnc(-c3ccccc3)c2F)CC1. The van der Waals surface area contributed by atoms with Crippen molar-refractivity contribution >= 4 is 15.8 Å². The molecular formula is C18H19FN6O2S. The predicted molar refractivity (Wildman–Crippen MR) is 102 cm³/mol. The molecule has 0 spiro atoms. The first kappa shape index (κ1) is 18.5. The predicted octanol–water partition coefficient (Wildman–Crippen LogP) is 1.53. The first-order valence-corrected chi connectivity index (χ1v) is 10.2. The van der Waals surface area contributed by atoms with Gasteiger partial charge < -0.3 is 9.47 Å². The third-order valence-corrected chi connectivity index (χ3v) is 6.60. The Hall–Kier alpha value is -2.85. The van der Waals surface area contributed by atoms with E-state index in [9.17, 15) is 8.42 Å². The van der Waals surface area contributed by atoms with Crippen LogP contribution in [0.25, 0.3) is 11.3 Å². The molecule has 0 bridgehead atoms. The summed E-state index contributed by atoms with van der Waals surface area (Å²) in [6.07, 6.45) is 4.37. The van der Waals surface area contributed by atoms with E-state index in [1.165, 1.54) is 21.4 Å². The summed E-state index contributed by atoms with van der Waals surface area (Å²) in [5, 5.41) is 0.000491. The third kappa shape index (κ3) is 3.25. The monoisotopic (exact) mass is 402 g/mol. The fourth-order valence-corrected chi connectivity index (χ4v) is 4.73. The van der Waals surface area contributed by atoms with Crippen LogP contribution in [0.5, 0.6) is 0 Å². The van der Waals surface area contributed by atoms with Gasteiger partial charge in [-0.25, -0.2) is 27.8 Å². The van der Waals surface area contributed by atoms with Crippen LogP contribution in [0.2, 0.25) is 0 Å². The van der Waals surface area contributed by atoms with Gasteiger partial charge in [0, 0.05) is 51.2 Å². The molecule has 3 heterocycles. The second-order valence-electron chi connectivity index (χ2n) is 6.44. The Bertz CT molecular complexity index is 1080. The van der Waals surface area contributed by atoms with Gasteiger partial charge in [0.25, 0.3) is 10.0 Å². The Kier molecular flexibility index (Phi) is 4.82. The van der Waals surface area contributed by atoms with Gasteiger partial charge in [0.05, 0.1) is 0 Å². The molecule has 8 nitrogen and oxygen atoms in total. The van der Waals surface area contributed by atoms with E-state index in [1.807, 2.05) is 18.2 Å². The van der Waals surface area contributed by atoms with Gasteiger partial charge in [0.2, 0.25) is 5.16 Å². The zero-order valence-corrected chi connectivity index (χ0v) is 16.0. The number of halogens is 1. The Labute approximate surface area is 162 Å². The standard InChI is InChI=1S/C18H19FN6O2S/c1-23-8-7-20-18(23)28(26,27)25-11-9-24(10-12-25)17-15(19)16(21-13-22-17)14-5-3-2-4-6-14/h2-8,13H,9-12H2,1H3. The maximum absolute atomic E-state index is 15.0. The zero-order valence-electron chi connectivity index (χ0n) is 15.2. The number of aromatic nitrogens is 4. The van der Waals surface area contributed by atoms with Crippen molar-refractivity contribution in [3.8, 4) is 11.3 Å². The maximum atomic E-state index is 15.0. The van der Waals surface area contributed by atoms with Crippen LogP contribution < -0.4 is 4.90 Å². The Morgan fingerprint density at radius 3 is 2.36 bits per heavy atom. The molecule has 28 heavy (non-hydrogen) atoms. The van der Waals surface area contributed by atoms with Gasteiger partial charge >= 0.3 is 0 Å². The molecule has 0 unspecified atom stereocenters. The second kappa shape index (κ2) is 7.28. The fourth-order valence-electron chi connectivity index (χ4n) is 3.23. The number of rotatable bonds is 4. The Morgan fingerprint density at radius 1 is 1.00 bits per heavy atom. The van der Waals surface area contributed by atoms with Gasteiger partial charge in [-0.2, -0.15) is 4.31 Å². The lowest BCUT2D eigenvalue weighted by atomic mass is 10.1. The molecule has 4 rings (SSSR count). The molecule has 0 saturated carbocycles. The molecule has 3 aromatic rings. The fraction of sp³-hybridized carbons (Fsp3) is 0.278. The molecule has 0 aliphatic carbocycles. The Balaban J connectivity index is 1.54. The normalized spacial score (nSPS) is 15.7. The number of hydrogen-bond donors (Lipinski definition) is 0. The summed E-state index contributed by atoms with van der Waals surface area (Å²) in [4.78, 5) is 13.8. The summed E-state index contributed by atoms with van der Waals surface area (Å²) in [6.45, 7) is 1.09. The summed E-state index contributed by atoms with van der Waals surface area (Å²) in [5.74, 6) is -0.322. The van der Waals surface area contributed by atoms with E-state index in [-0.39, 0.29) is 29.8 Å². The van der Waals surface area contributed by atoms with Crippen LogP contribution in [-0.2, 0) is 17.1 Å². The summed E-state index contributed by atoms with van der Waals surface area (Å²) in [7, 11) is -2.05. The van der Waals surface area contributed by atoms with Crippen LogP contribution >= 0.6 is 0 Å².